The predicted octanol–water partition coefficient (Wildman–Crippen LogP) is -0.215. The van der Waals surface area contributed by atoms with Gasteiger partial charge in [0.05, 0.1) is 17.3 Å². The Kier molecular flexibility index (Phi) is 1.59. The maximum Gasteiger partial charge on any atom is 0.115 e. The van der Waals surface area contributed by atoms with Crippen molar-refractivity contribution >= 4 is 0 Å². The third kappa shape index (κ3) is 1.09. The van der Waals surface area contributed by atoms with Crippen LogP contribution in [0, 0.1) is 0 Å². The van der Waals surface area contributed by atoms with Gasteiger partial charge in [-0.3, -0.25) is 0 Å². The molecule has 0 amide bonds. The van der Waals surface area contributed by atoms with E-state index in [0.717, 1.165) is 5.69 Å². The number of hydrogen-bond acceptors (Lipinski definition) is 4. The molecule has 0 aliphatic heterocycles. The molecule has 0 atom stereocenters. The van der Waals surface area contributed by atoms with Crippen LogP contribution in [0.1, 0.15) is 18.5 Å². The number of nitrogens with zero attached hydrogens (tertiary/aromatic N) is 2. The Morgan fingerprint density at radius 2 is 2.33 bits per heavy atom. The normalized spacial score (nSPS) is 34.3. The summed E-state index contributed by atoms with van der Waals surface area (Å²) in [7, 11) is 0. The zero-order valence-electron chi connectivity index (χ0n) is 6.64. The summed E-state index contributed by atoms with van der Waals surface area (Å²) >= 11 is 0. The van der Waals surface area contributed by atoms with Crippen molar-refractivity contribution in [1.82, 2.24) is 9.97 Å². The molecule has 2 rings (SSSR count). The molecular formula is C8H11N3O. The molecule has 0 saturated heterocycles. The van der Waals surface area contributed by atoms with E-state index in [4.69, 9.17) is 10.8 Å². The summed E-state index contributed by atoms with van der Waals surface area (Å²) in [6.07, 6.45) is 4.09. The highest BCUT2D eigenvalue weighted by Gasteiger charge is 2.42. The second-order valence-electron chi connectivity index (χ2n) is 3.31. The summed E-state index contributed by atoms with van der Waals surface area (Å²) in [5.41, 5.74) is 6.37. The van der Waals surface area contributed by atoms with Gasteiger partial charge in [-0.05, 0) is 18.9 Å². The van der Waals surface area contributed by atoms with E-state index < -0.39 is 5.54 Å². The number of rotatable bonds is 1. The van der Waals surface area contributed by atoms with Crippen molar-refractivity contribution in [2.24, 2.45) is 5.73 Å². The first-order valence-corrected chi connectivity index (χ1v) is 3.94. The monoisotopic (exact) mass is 165 g/mol. The van der Waals surface area contributed by atoms with Gasteiger partial charge in [-0.15, -0.1) is 0 Å². The Morgan fingerprint density at radius 3 is 2.83 bits per heavy atom. The molecule has 4 nitrogen and oxygen atoms in total. The molecule has 1 saturated carbocycles. The number of nitrogens with two attached hydrogens (primary N) is 1. The van der Waals surface area contributed by atoms with Crippen molar-refractivity contribution in [2.75, 3.05) is 0 Å². The molecule has 1 heterocycles. The predicted molar refractivity (Wildman–Crippen MR) is 43.1 cm³/mol. The first-order chi connectivity index (χ1) is 5.71. The van der Waals surface area contributed by atoms with Gasteiger partial charge >= 0.3 is 0 Å². The van der Waals surface area contributed by atoms with Crippen LogP contribution in [0.15, 0.2) is 18.6 Å². The molecule has 64 valence electrons. The van der Waals surface area contributed by atoms with E-state index in [-0.39, 0.29) is 6.10 Å². The fourth-order valence-corrected chi connectivity index (χ4v) is 1.58. The van der Waals surface area contributed by atoms with Crippen LogP contribution in [-0.2, 0) is 5.54 Å². The molecule has 0 unspecified atom stereocenters. The second kappa shape index (κ2) is 2.50. The van der Waals surface area contributed by atoms with Gasteiger partial charge in [-0.1, -0.05) is 0 Å². The highest BCUT2D eigenvalue weighted by Crippen LogP contribution is 2.37. The topological polar surface area (TPSA) is 72.0 Å². The van der Waals surface area contributed by atoms with Crippen molar-refractivity contribution < 1.29 is 5.11 Å². The first kappa shape index (κ1) is 7.64. The minimum absolute atomic E-state index is 0.259. The van der Waals surface area contributed by atoms with Crippen molar-refractivity contribution in [3.63, 3.8) is 0 Å². The Morgan fingerprint density at radius 1 is 1.58 bits per heavy atom. The first-order valence-electron chi connectivity index (χ1n) is 3.94. The van der Waals surface area contributed by atoms with E-state index in [2.05, 4.69) is 9.97 Å². The lowest BCUT2D eigenvalue weighted by Crippen LogP contribution is -2.52. The van der Waals surface area contributed by atoms with Crippen molar-refractivity contribution in [3.05, 3.63) is 24.3 Å². The maximum absolute atomic E-state index is 9.12. The van der Waals surface area contributed by atoms with Crippen LogP contribution >= 0.6 is 0 Å². The van der Waals surface area contributed by atoms with Gasteiger partial charge in [0.15, 0.2) is 0 Å². The van der Waals surface area contributed by atoms with E-state index in [1.807, 2.05) is 0 Å². The van der Waals surface area contributed by atoms with E-state index in [1.54, 1.807) is 12.3 Å². The third-order valence-corrected chi connectivity index (χ3v) is 2.29. The smallest absolute Gasteiger partial charge is 0.115 e. The van der Waals surface area contributed by atoms with Gasteiger partial charge in [0.1, 0.15) is 6.33 Å². The fraction of sp³-hybridized carbons (Fsp3) is 0.500. The van der Waals surface area contributed by atoms with Crippen LogP contribution in [-0.4, -0.2) is 21.2 Å². The summed E-state index contributed by atoms with van der Waals surface area (Å²) in [6, 6.07) is 1.80. The minimum Gasteiger partial charge on any atom is -0.393 e. The molecule has 0 spiro atoms. The fourth-order valence-electron chi connectivity index (χ4n) is 1.58. The number of aliphatic hydroxyl groups excluding tert-OH is 1. The minimum atomic E-state index is -0.414. The van der Waals surface area contributed by atoms with E-state index >= 15 is 0 Å². The maximum atomic E-state index is 9.12. The Hall–Kier alpha value is -1.00. The van der Waals surface area contributed by atoms with Crippen LogP contribution in [0.3, 0.4) is 0 Å². The standard InChI is InChI=1S/C8H11N3O/c9-8(3-6(12)4-8)7-1-2-10-5-11-7/h1-2,5-6,12H,3-4,9H2. The van der Waals surface area contributed by atoms with Gasteiger partial charge in [-0.25, -0.2) is 9.97 Å². The van der Waals surface area contributed by atoms with Crippen LogP contribution in [0.25, 0.3) is 0 Å². The molecule has 0 aromatic carbocycles. The molecule has 1 fully saturated rings. The van der Waals surface area contributed by atoms with Gasteiger partial charge in [0, 0.05) is 6.20 Å². The number of aliphatic hydroxyl groups is 1. The van der Waals surface area contributed by atoms with Gasteiger partial charge < -0.3 is 10.8 Å². The Bertz CT molecular complexity index is 269. The third-order valence-electron chi connectivity index (χ3n) is 2.29. The molecule has 12 heavy (non-hydrogen) atoms. The number of hydrogen-bond donors (Lipinski definition) is 2. The lowest BCUT2D eigenvalue weighted by Gasteiger charge is -2.41. The van der Waals surface area contributed by atoms with Crippen LogP contribution in [0.5, 0.6) is 0 Å². The van der Waals surface area contributed by atoms with Gasteiger partial charge in [0.2, 0.25) is 0 Å². The summed E-state index contributed by atoms with van der Waals surface area (Å²) in [4.78, 5) is 7.87. The quantitative estimate of drug-likeness (QED) is 0.603. The SMILES string of the molecule is NC1(c2ccncn2)CC(O)C1. The molecule has 1 aromatic heterocycles. The average molecular weight is 165 g/mol. The van der Waals surface area contributed by atoms with E-state index in [9.17, 15) is 0 Å². The highest BCUT2D eigenvalue weighted by molar-refractivity contribution is 5.18. The molecule has 1 aromatic rings. The lowest BCUT2D eigenvalue weighted by molar-refractivity contribution is 0.0187. The Labute approximate surface area is 70.5 Å². The van der Waals surface area contributed by atoms with Crippen LogP contribution in [0.2, 0.25) is 0 Å². The zero-order chi connectivity index (χ0) is 8.60. The lowest BCUT2D eigenvalue weighted by atomic mass is 9.73. The molecule has 4 heteroatoms. The highest BCUT2D eigenvalue weighted by atomic mass is 16.3. The number of aromatic nitrogens is 2. The Balaban J connectivity index is 2.21. The van der Waals surface area contributed by atoms with Crippen molar-refractivity contribution in [3.8, 4) is 0 Å². The summed E-state index contributed by atoms with van der Waals surface area (Å²) in [5.74, 6) is 0. The second-order valence-corrected chi connectivity index (χ2v) is 3.31. The van der Waals surface area contributed by atoms with Gasteiger partial charge in [-0.2, -0.15) is 0 Å². The summed E-state index contributed by atoms with van der Waals surface area (Å²) in [5, 5.41) is 9.12. The van der Waals surface area contributed by atoms with Crippen molar-refractivity contribution in [2.45, 2.75) is 24.5 Å². The van der Waals surface area contributed by atoms with E-state index in [1.165, 1.54) is 6.33 Å². The van der Waals surface area contributed by atoms with Crippen LogP contribution in [0.4, 0.5) is 0 Å². The molecule has 3 N–H and O–H groups in total. The molecular weight excluding hydrogens is 154 g/mol. The molecule has 1 aliphatic rings. The zero-order valence-corrected chi connectivity index (χ0v) is 6.64. The largest absolute Gasteiger partial charge is 0.393 e. The average Bonchev–Trinajstić information content (AvgIpc) is 2.04. The molecule has 0 bridgehead atoms. The molecule has 0 radical (unpaired) electrons. The van der Waals surface area contributed by atoms with E-state index in [0.29, 0.717) is 12.8 Å². The van der Waals surface area contributed by atoms with Gasteiger partial charge in [0.25, 0.3) is 0 Å². The van der Waals surface area contributed by atoms with Crippen LogP contribution < -0.4 is 5.73 Å². The summed E-state index contributed by atoms with van der Waals surface area (Å²) < 4.78 is 0. The van der Waals surface area contributed by atoms with Crippen molar-refractivity contribution in [1.29, 1.82) is 0 Å². The summed E-state index contributed by atoms with van der Waals surface area (Å²) in [6.45, 7) is 0. The molecule has 1 aliphatic carbocycles.